The predicted octanol–water partition coefficient (Wildman–Crippen LogP) is 4.42. The summed E-state index contributed by atoms with van der Waals surface area (Å²) in [6.07, 6.45) is 1.05. The van der Waals surface area contributed by atoms with Crippen molar-refractivity contribution in [3.63, 3.8) is 0 Å². The van der Waals surface area contributed by atoms with Crippen LogP contribution in [0.5, 0.6) is 0 Å². The first-order valence-electron chi connectivity index (χ1n) is 10.8. The number of rotatable bonds is 5. The smallest absolute Gasteiger partial charge is 0.256 e. The first-order valence-corrected chi connectivity index (χ1v) is 11.6. The second kappa shape index (κ2) is 8.37. The summed E-state index contributed by atoms with van der Waals surface area (Å²) in [7, 11) is 4.20. The topological polar surface area (TPSA) is 45.5 Å². The Kier molecular flexibility index (Phi) is 5.41. The van der Waals surface area contributed by atoms with Crippen molar-refractivity contribution in [2.24, 2.45) is 0 Å². The second-order valence-electron chi connectivity index (χ2n) is 8.39. The van der Waals surface area contributed by atoms with E-state index in [-0.39, 0.29) is 11.3 Å². The van der Waals surface area contributed by atoms with E-state index in [2.05, 4.69) is 23.9 Å². The zero-order valence-corrected chi connectivity index (χ0v) is 19.0. The molecule has 0 aliphatic carbocycles. The number of carbonyl (C=O) groups excluding carboxylic acids is 1. The first kappa shape index (κ1) is 20.7. The van der Waals surface area contributed by atoms with Gasteiger partial charge in [-0.1, -0.05) is 59.9 Å². The molecule has 1 saturated heterocycles. The third-order valence-electron chi connectivity index (χ3n) is 6.18. The van der Waals surface area contributed by atoms with Crippen LogP contribution >= 0.6 is 11.3 Å². The molecule has 6 heteroatoms. The summed E-state index contributed by atoms with van der Waals surface area (Å²) in [6.45, 7) is 1.75. The molecule has 3 heterocycles. The Hall–Kier alpha value is -3.22. The standard InChI is InChI=1S/C26H25N3O2S/c1-27(2)20-15-16-28(17-20)26-23(24(31)18-9-5-3-6-10-18)21-13-14-22(30)29(25(21)32-26)19-11-7-4-8-12-19/h3-14,20H,15-17H2,1-2H3/t20-/m0/s1. The first-order chi connectivity index (χ1) is 15.5. The van der Waals surface area contributed by atoms with Gasteiger partial charge in [-0.05, 0) is 38.7 Å². The minimum absolute atomic E-state index is 0.00147. The van der Waals surface area contributed by atoms with Crippen LogP contribution in [-0.4, -0.2) is 48.5 Å². The molecule has 0 bridgehead atoms. The molecule has 0 saturated carbocycles. The summed E-state index contributed by atoms with van der Waals surface area (Å²) >= 11 is 1.54. The average molecular weight is 444 g/mol. The van der Waals surface area contributed by atoms with Crippen LogP contribution in [0, 0.1) is 0 Å². The lowest BCUT2D eigenvalue weighted by Crippen LogP contribution is -2.31. The molecule has 0 N–H and O–H groups in total. The Balaban J connectivity index is 1.74. The SMILES string of the molecule is CN(C)[C@H]1CCN(c2sc3c(ccc(=O)n3-c3ccccc3)c2C(=O)c2ccccc2)C1. The molecule has 0 radical (unpaired) electrons. The Bertz CT molecular complexity index is 1330. The van der Waals surface area contributed by atoms with E-state index < -0.39 is 0 Å². The number of aromatic nitrogens is 1. The van der Waals surface area contributed by atoms with E-state index >= 15 is 0 Å². The van der Waals surface area contributed by atoms with Gasteiger partial charge in [0.05, 0.1) is 11.3 Å². The van der Waals surface area contributed by atoms with Gasteiger partial charge in [0.1, 0.15) is 9.83 Å². The number of carbonyl (C=O) groups is 1. The van der Waals surface area contributed by atoms with Gasteiger partial charge in [0.25, 0.3) is 5.56 Å². The molecular formula is C26H25N3O2S. The number of likely N-dealkylation sites (N-methyl/N-ethyl adjacent to an activating group) is 1. The molecule has 5 rings (SSSR count). The van der Waals surface area contributed by atoms with Crippen LogP contribution in [-0.2, 0) is 0 Å². The molecule has 0 spiro atoms. The van der Waals surface area contributed by atoms with Gasteiger partial charge in [-0.25, -0.2) is 0 Å². The monoisotopic (exact) mass is 443 g/mol. The van der Waals surface area contributed by atoms with E-state index in [9.17, 15) is 9.59 Å². The van der Waals surface area contributed by atoms with Crippen molar-refractivity contribution in [2.45, 2.75) is 12.5 Å². The van der Waals surface area contributed by atoms with Crippen molar-refractivity contribution >= 4 is 32.3 Å². The summed E-state index contributed by atoms with van der Waals surface area (Å²) in [5.74, 6) is -0.00147. The minimum atomic E-state index is -0.0946. The van der Waals surface area contributed by atoms with Crippen molar-refractivity contribution in [3.05, 3.63) is 94.3 Å². The molecule has 1 fully saturated rings. The van der Waals surface area contributed by atoms with Gasteiger partial charge in [-0.3, -0.25) is 14.2 Å². The largest absolute Gasteiger partial charge is 0.361 e. The quantitative estimate of drug-likeness (QED) is 0.428. The van der Waals surface area contributed by atoms with Crippen molar-refractivity contribution in [3.8, 4) is 5.69 Å². The van der Waals surface area contributed by atoms with Crippen LogP contribution in [0.3, 0.4) is 0 Å². The average Bonchev–Trinajstić information content (AvgIpc) is 3.45. The second-order valence-corrected chi connectivity index (χ2v) is 9.37. The number of para-hydroxylation sites is 1. The van der Waals surface area contributed by atoms with Gasteiger partial charge in [0.2, 0.25) is 0 Å². The van der Waals surface area contributed by atoms with E-state index in [0.29, 0.717) is 17.2 Å². The summed E-state index contributed by atoms with van der Waals surface area (Å²) < 4.78 is 1.73. The van der Waals surface area contributed by atoms with Crippen LogP contribution in [0.2, 0.25) is 0 Å². The third-order valence-corrected chi connectivity index (χ3v) is 7.43. The number of fused-ring (bicyclic) bond motifs is 1. The molecule has 32 heavy (non-hydrogen) atoms. The minimum Gasteiger partial charge on any atom is -0.361 e. The van der Waals surface area contributed by atoms with Crippen molar-refractivity contribution < 1.29 is 4.79 Å². The number of nitrogens with zero attached hydrogens (tertiary/aromatic N) is 3. The lowest BCUT2D eigenvalue weighted by molar-refractivity contribution is 0.104. The fraction of sp³-hybridized carbons (Fsp3) is 0.231. The van der Waals surface area contributed by atoms with Crippen molar-refractivity contribution in [1.29, 1.82) is 0 Å². The molecule has 0 unspecified atom stereocenters. The number of pyridine rings is 1. The number of thiophene rings is 1. The maximum Gasteiger partial charge on any atom is 0.256 e. The maximum absolute atomic E-state index is 13.7. The zero-order chi connectivity index (χ0) is 22.2. The van der Waals surface area contributed by atoms with Crippen LogP contribution in [0.4, 0.5) is 5.00 Å². The molecule has 1 aliphatic heterocycles. The van der Waals surface area contributed by atoms with Crippen LogP contribution in [0.15, 0.2) is 77.6 Å². The molecule has 1 aliphatic rings. The molecule has 4 aromatic rings. The van der Waals surface area contributed by atoms with E-state index in [1.807, 2.05) is 66.7 Å². The molecule has 162 valence electrons. The maximum atomic E-state index is 13.7. The van der Waals surface area contributed by atoms with Crippen LogP contribution in [0.1, 0.15) is 22.3 Å². The normalized spacial score (nSPS) is 16.2. The third kappa shape index (κ3) is 3.55. The lowest BCUT2D eigenvalue weighted by atomic mass is 10.0. The summed E-state index contributed by atoms with van der Waals surface area (Å²) in [4.78, 5) is 32.0. The van der Waals surface area contributed by atoms with Gasteiger partial charge in [-0.15, -0.1) is 0 Å². The molecule has 5 nitrogen and oxygen atoms in total. The van der Waals surface area contributed by atoms with Gasteiger partial charge < -0.3 is 9.80 Å². The summed E-state index contributed by atoms with van der Waals surface area (Å²) in [6, 6.07) is 22.9. The number of anilines is 1. The fourth-order valence-corrected chi connectivity index (χ4v) is 5.76. The zero-order valence-electron chi connectivity index (χ0n) is 18.2. The van der Waals surface area contributed by atoms with E-state index in [1.165, 1.54) is 0 Å². The molecule has 0 amide bonds. The highest BCUT2D eigenvalue weighted by molar-refractivity contribution is 7.23. The van der Waals surface area contributed by atoms with Crippen LogP contribution in [0.25, 0.3) is 15.9 Å². The Morgan fingerprint density at radius 2 is 1.66 bits per heavy atom. The van der Waals surface area contributed by atoms with E-state index in [4.69, 9.17) is 0 Å². The Labute approximate surface area is 191 Å². The van der Waals surface area contributed by atoms with Gasteiger partial charge in [0.15, 0.2) is 5.78 Å². The highest BCUT2D eigenvalue weighted by atomic mass is 32.1. The highest BCUT2D eigenvalue weighted by Crippen LogP contribution is 2.41. The van der Waals surface area contributed by atoms with Crippen LogP contribution < -0.4 is 10.5 Å². The van der Waals surface area contributed by atoms with Gasteiger partial charge in [0, 0.05) is 36.1 Å². The predicted molar refractivity (Wildman–Crippen MR) is 132 cm³/mol. The molecule has 2 aromatic carbocycles. The van der Waals surface area contributed by atoms with Gasteiger partial charge >= 0.3 is 0 Å². The summed E-state index contributed by atoms with van der Waals surface area (Å²) in [5, 5.41) is 1.78. The summed E-state index contributed by atoms with van der Waals surface area (Å²) in [5.41, 5.74) is 2.07. The van der Waals surface area contributed by atoms with Crippen molar-refractivity contribution in [2.75, 3.05) is 32.1 Å². The fourth-order valence-electron chi connectivity index (χ4n) is 4.41. The lowest BCUT2D eigenvalue weighted by Gasteiger charge is -2.21. The Morgan fingerprint density at radius 1 is 0.969 bits per heavy atom. The highest BCUT2D eigenvalue weighted by Gasteiger charge is 2.31. The van der Waals surface area contributed by atoms with E-state index in [1.54, 1.807) is 22.0 Å². The number of benzene rings is 2. The van der Waals surface area contributed by atoms with Crippen molar-refractivity contribution in [1.82, 2.24) is 9.47 Å². The number of hydrogen-bond donors (Lipinski definition) is 0. The number of ketones is 1. The molecule has 2 aromatic heterocycles. The number of hydrogen-bond acceptors (Lipinski definition) is 5. The van der Waals surface area contributed by atoms with E-state index in [0.717, 1.165) is 40.4 Å². The molecule has 1 atom stereocenters. The molecular weight excluding hydrogens is 418 g/mol. The Morgan fingerprint density at radius 3 is 2.31 bits per heavy atom. The van der Waals surface area contributed by atoms with Gasteiger partial charge in [-0.2, -0.15) is 0 Å².